The molecule has 0 aliphatic rings. The minimum Gasteiger partial charge on any atom is -0.325 e. The summed E-state index contributed by atoms with van der Waals surface area (Å²) < 4.78 is 13.1. The van der Waals surface area contributed by atoms with Crippen LogP contribution < -0.4 is 16.0 Å². The predicted molar refractivity (Wildman–Crippen MR) is 116 cm³/mol. The number of amides is 3. The molecule has 0 saturated carbocycles. The van der Waals surface area contributed by atoms with E-state index in [2.05, 4.69) is 16.0 Å². The summed E-state index contributed by atoms with van der Waals surface area (Å²) in [5.74, 6) is -0.594. The number of hydrogen-bond donors (Lipinski definition) is 3. The number of thioether (sulfide) groups is 1. The normalized spacial score (nSPS) is 10.3. The van der Waals surface area contributed by atoms with Crippen LogP contribution >= 0.6 is 23.4 Å². The van der Waals surface area contributed by atoms with Gasteiger partial charge in [0.25, 0.3) is 0 Å². The Balaban J connectivity index is 1.46. The third kappa shape index (κ3) is 6.51. The molecule has 0 aromatic heterocycles. The largest absolute Gasteiger partial charge is 0.325 e. The van der Waals surface area contributed by atoms with Crippen molar-refractivity contribution in [3.63, 3.8) is 0 Å². The first-order valence-electron chi connectivity index (χ1n) is 8.60. The van der Waals surface area contributed by atoms with E-state index < -0.39 is 5.82 Å². The van der Waals surface area contributed by atoms with Crippen LogP contribution in [-0.2, 0) is 4.79 Å². The van der Waals surface area contributed by atoms with Crippen molar-refractivity contribution in [1.29, 1.82) is 0 Å². The second kappa shape index (κ2) is 9.95. The molecule has 3 N–H and O–H groups in total. The molecule has 3 rings (SSSR count). The van der Waals surface area contributed by atoms with Gasteiger partial charge in [-0.3, -0.25) is 4.79 Å². The fraction of sp³-hybridized carbons (Fsp3) is 0.0476. The van der Waals surface area contributed by atoms with Crippen molar-refractivity contribution in [2.24, 2.45) is 0 Å². The highest BCUT2D eigenvalue weighted by molar-refractivity contribution is 8.00. The number of hydrogen-bond acceptors (Lipinski definition) is 3. The van der Waals surface area contributed by atoms with Gasteiger partial charge in [-0.25, -0.2) is 9.18 Å². The highest BCUT2D eigenvalue weighted by Gasteiger charge is 2.07. The van der Waals surface area contributed by atoms with E-state index in [0.717, 1.165) is 4.90 Å². The SMILES string of the molecule is O=C(CSc1ccc(NC(=O)Nc2ccccc2)cc1)Nc1ccc(F)c(Cl)c1. The van der Waals surface area contributed by atoms with Gasteiger partial charge >= 0.3 is 6.03 Å². The van der Waals surface area contributed by atoms with Crippen molar-refractivity contribution in [2.75, 3.05) is 21.7 Å². The van der Waals surface area contributed by atoms with Crippen molar-refractivity contribution in [3.05, 3.63) is 83.6 Å². The van der Waals surface area contributed by atoms with E-state index in [0.29, 0.717) is 17.1 Å². The maximum Gasteiger partial charge on any atom is 0.323 e. The van der Waals surface area contributed by atoms with Gasteiger partial charge in [-0.15, -0.1) is 11.8 Å². The molecule has 29 heavy (non-hydrogen) atoms. The van der Waals surface area contributed by atoms with Gasteiger partial charge < -0.3 is 16.0 Å². The highest BCUT2D eigenvalue weighted by Crippen LogP contribution is 2.22. The monoisotopic (exact) mass is 429 g/mol. The van der Waals surface area contributed by atoms with Crippen LogP contribution in [0.1, 0.15) is 0 Å². The zero-order valence-electron chi connectivity index (χ0n) is 15.1. The van der Waals surface area contributed by atoms with E-state index in [9.17, 15) is 14.0 Å². The molecular weight excluding hydrogens is 413 g/mol. The van der Waals surface area contributed by atoms with Crippen molar-refractivity contribution < 1.29 is 14.0 Å². The smallest absolute Gasteiger partial charge is 0.323 e. The molecule has 0 bridgehead atoms. The number of benzene rings is 3. The molecule has 3 aromatic rings. The molecule has 0 aliphatic heterocycles. The molecule has 3 amide bonds. The van der Waals surface area contributed by atoms with E-state index in [1.54, 1.807) is 24.3 Å². The van der Waals surface area contributed by atoms with Crippen LogP contribution in [0, 0.1) is 5.82 Å². The van der Waals surface area contributed by atoms with Gasteiger partial charge in [0.2, 0.25) is 5.91 Å². The van der Waals surface area contributed by atoms with Crippen LogP contribution in [0.25, 0.3) is 0 Å². The van der Waals surface area contributed by atoms with Crippen LogP contribution in [0.5, 0.6) is 0 Å². The summed E-state index contributed by atoms with van der Waals surface area (Å²) in [4.78, 5) is 24.9. The molecule has 0 spiro atoms. The standard InChI is InChI=1S/C21H17ClFN3O2S/c22-18-12-16(8-11-19(18)23)24-20(27)13-29-17-9-6-15(7-10-17)26-21(28)25-14-4-2-1-3-5-14/h1-12H,13H2,(H,24,27)(H2,25,26,28). The maximum atomic E-state index is 13.1. The molecule has 0 aliphatic carbocycles. The molecular formula is C21H17ClFN3O2S. The third-order valence-electron chi connectivity index (χ3n) is 3.72. The molecule has 5 nitrogen and oxygen atoms in total. The summed E-state index contributed by atoms with van der Waals surface area (Å²) in [7, 11) is 0. The molecule has 0 heterocycles. The van der Waals surface area contributed by atoms with E-state index in [1.165, 1.54) is 30.0 Å². The van der Waals surface area contributed by atoms with Crippen LogP contribution in [-0.4, -0.2) is 17.7 Å². The van der Waals surface area contributed by atoms with Crippen molar-refractivity contribution in [2.45, 2.75) is 4.90 Å². The van der Waals surface area contributed by atoms with Gasteiger partial charge in [-0.05, 0) is 54.6 Å². The fourth-order valence-corrected chi connectivity index (χ4v) is 3.25. The number of carbonyl (C=O) groups excluding carboxylic acids is 2. The Morgan fingerprint density at radius 3 is 2.10 bits per heavy atom. The van der Waals surface area contributed by atoms with Gasteiger partial charge in [0.05, 0.1) is 10.8 Å². The van der Waals surface area contributed by atoms with Crippen LogP contribution in [0.2, 0.25) is 5.02 Å². The van der Waals surface area contributed by atoms with E-state index in [1.807, 2.05) is 30.3 Å². The summed E-state index contributed by atoms with van der Waals surface area (Å²) in [5, 5.41) is 8.10. The van der Waals surface area contributed by atoms with Gasteiger partial charge in [0.15, 0.2) is 0 Å². The van der Waals surface area contributed by atoms with Gasteiger partial charge in [0, 0.05) is 22.0 Å². The predicted octanol–water partition coefficient (Wildman–Crippen LogP) is 5.85. The summed E-state index contributed by atoms with van der Waals surface area (Å²) >= 11 is 7.04. The Kier molecular flexibility index (Phi) is 7.10. The lowest BCUT2D eigenvalue weighted by molar-refractivity contribution is -0.113. The number of carbonyl (C=O) groups is 2. The first-order chi connectivity index (χ1) is 14.0. The number of rotatable bonds is 6. The Hall–Kier alpha value is -3.03. The molecule has 8 heteroatoms. The van der Waals surface area contributed by atoms with E-state index >= 15 is 0 Å². The molecule has 0 radical (unpaired) electrons. The zero-order valence-corrected chi connectivity index (χ0v) is 16.7. The van der Waals surface area contributed by atoms with Gasteiger partial charge in [-0.2, -0.15) is 0 Å². The lowest BCUT2D eigenvalue weighted by Crippen LogP contribution is -2.19. The quantitative estimate of drug-likeness (QED) is 0.430. The summed E-state index contributed by atoms with van der Waals surface area (Å²) in [6.07, 6.45) is 0. The summed E-state index contributed by atoms with van der Waals surface area (Å²) in [5.41, 5.74) is 1.77. The number of urea groups is 1. The number of para-hydroxylation sites is 1. The molecule has 0 fully saturated rings. The highest BCUT2D eigenvalue weighted by atomic mass is 35.5. The molecule has 148 valence electrons. The average Bonchev–Trinajstić information content (AvgIpc) is 2.71. The Morgan fingerprint density at radius 2 is 1.45 bits per heavy atom. The summed E-state index contributed by atoms with van der Waals surface area (Å²) in [6, 6.07) is 19.9. The first kappa shape index (κ1) is 20.7. The van der Waals surface area contributed by atoms with E-state index in [-0.39, 0.29) is 22.7 Å². The fourth-order valence-electron chi connectivity index (χ4n) is 2.37. The molecule has 3 aromatic carbocycles. The minimum absolute atomic E-state index is 0.0464. The Labute approximate surface area is 176 Å². The number of halogens is 2. The zero-order chi connectivity index (χ0) is 20.6. The van der Waals surface area contributed by atoms with Crippen molar-refractivity contribution >= 4 is 52.4 Å². The summed E-state index contributed by atoms with van der Waals surface area (Å²) in [6.45, 7) is 0. The van der Waals surface area contributed by atoms with E-state index in [4.69, 9.17) is 11.6 Å². The Bertz CT molecular complexity index is 1000. The topological polar surface area (TPSA) is 70.2 Å². The Morgan fingerprint density at radius 1 is 0.828 bits per heavy atom. The maximum absolute atomic E-state index is 13.1. The van der Waals surface area contributed by atoms with Crippen molar-refractivity contribution in [1.82, 2.24) is 0 Å². The number of anilines is 3. The molecule has 0 saturated heterocycles. The van der Waals surface area contributed by atoms with Crippen LogP contribution in [0.15, 0.2) is 77.7 Å². The van der Waals surface area contributed by atoms with Crippen molar-refractivity contribution in [3.8, 4) is 0 Å². The minimum atomic E-state index is -0.537. The second-order valence-corrected chi connectivity index (χ2v) is 7.39. The van der Waals surface area contributed by atoms with Gasteiger partial charge in [-0.1, -0.05) is 29.8 Å². The average molecular weight is 430 g/mol. The van der Waals surface area contributed by atoms with Crippen LogP contribution in [0.4, 0.5) is 26.2 Å². The first-order valence-corrected chi connectivity index (χ1v) is 9.97. The number of nitrogens with one attached hydrogen (secondary N) is 3. The third-order valence-corrected chi connectivity index (χ3v) is 5.02. The van der Waals surface area contributed by atoms with Crippen LogP contribution in [0.3, 0.4) is 0 Å². The molecule has 0 unspecified atom stereocenters. The van der Waals surface area contributed by atoms with Gasteiger partial charge in [0.1, 0.15) is 5.82 Å². The lowest BCUT2D eigenvalue weighted by Gasteiger charge is -2.09. The molecule has 0 atom stereocenters. The second-order valence-electron chi connectivity index (χ2n) is 5.94. The lowest BCUT2D eigenvalue weighted by atomic mass is 10.3.